The molecule has 1 atom stereocenters. The van der Waals surface area contributed by atoms with Crippen molar-refractivity contribution in [3.8, 4) is 0 Å². The molecule has 0 bridgehead atoms. The average Bonchev–Trinajstić information content (AvgIpc) is 3.07. The number of alkyl halides is 3. The summed E-state index contributed by atoms with van der Waals surface area (Å²) in [6, 6.07) is 14.1. The maximum atomic E-state index is 13.1. The van der Waals surface area contributed by atoms with Crippen molar-refractivity contribution in [2.45, 2.75) is 19.1 Å². The summed E-state index contributed by atoms with van der Waals surface area (Å²) in [5, 5.41) is 7.19. The van der Waals surface area contributed by atoms with Gasteiger partial charge in [0.2, 0.25) is 5.95 Å². The van der Waals surface area contributed by atoms with Crippen molar-refractivity contribution in [3.05, 3.63) is 82.1 Å². The zero-order chi connectivity index (χ0) is 19.2. The molecule has 1 aromatic heterocycles. The van der Waals surface area contributed by atoms with Crippen LogP contribution >= 0.6 is 11.6 Å². The Bertz CT molecular complexity index is 1000. The summed E-state index contributed by atoms with van der Waals surface area (Å²) >= 11 is 5.94. The van der Waals surface area contributed by atoms with E-state index in [1.807, 2.05) is 37.3 Å². The minimum atomic E-state index is -4.62. The van der Waals surface area contributed by atoms with Crippen LogP contribution in [-0.2, 0) is 6.18 Å². The van der Waals surface area contributed by atoms with Crippen LogP contribution in [0.1, 0.15) is 28.6 Å². The first-order chi connectivity index (χ1) is 12.8. The number of halogens is 4. The summed E-state index contributed by atoms with van der Waals surface area (Å²) in [6.45, 7) is 1.97. The Hall–Kier alpha value is -2.80. The second-order valence-electron chi connectivity index (χ2n) is 6.27. The summed E-state index contributed by atoms with van der Waals surface area (Å²) in [4.78, 5) is 3.66. The van der Waals surface area contributed by atoms with E-state index in [1.54, 1.807) is 24.3 Å². The fourth-order valence-electron chi connectivity index (χ4n) is 2.91. The molecule has 1 aliphatic heterocycles. The van der Waals surface area contributed by atoms with Crippen LogP contribution in [0.15, 0.2) is 54.6 Å². The van der Waals surface area contributed by atoms with Crippen molar-refractivity contribution in [3.63, 3.8) is 0 Å². The Morgan fingerprint density at radius 3 is 2.33 bits per heavy atom. The highest BCUT2D eigenvalue weighted by molar-refractivity contribution is 6.30. The molecule has 0 fully saturated rings. The van der Waals surface area contributed by atoms with Crippen LogP contribution in [0.2, 0.25) is 5.02 Å². The van der Waals surface area contributed by atoms with Crippen LogP contribution in [0.25, 0.3) is 5.70 Å². The molecular weight excluding hydrogens is 377 g/mol. The second-order valence-corrected chi connectivity index (χ2v) is 6.71. The second kappa shape index (κ2) is 6.42. The van der Waals surface area contributed by atoms with Gasteiger partial charge in [0.1, 0.15) is 6.04 Å². The van der Waals surface area contributed by atoms with Gasteiger partial charge in [-0.1, -0.05) is 53.6 Å². The summed E-state index contributed by atoms with van der Waals surface area (Å²) in [6.07, 6.45) is -2.80. The van der Waals surface area contributed by atoms with Gasteiger partial charge in [0.25, 0.3) is 5.82 Å². The lowest BCUT2D eigenvalue weighted by atomic mass is 10.0. The molecule has 4 nitrogen and oxygen atoms in total. The van der Waals surface area contributed by atoms with Crippen molar-refractivity contribution in [1.29, 1.82) is 0 Å². The van der Waals surface area contributed by atoms with Gasteiger partial charge >= 0.3 is 6.18 Å². The molecule has 0 spiro atoms. The van der Waals surface area contributed by atoms with E-state index in [2.05, 4.69) is 15.4 Å². The number of fused-ring (bicyclic) bond motifs is 1. The first-order valence-corrected chi connectivity index (χ1v) is 8.54. The minimum Gasteiger partial charge on any atom is -0.324 e. The summed E-state index contributed by atoms with van der Waals surface area (Å²) < 4.78 is 40.6. The molecule has 27 heavy (non-hydrogen) atoms. The molecule has 0 amide bonds. The van der Waals surface area contributed by atoms with E-state index in [0.29, 0.717) is 10.7 Å². The number of allylic oxidation sites excluding steroid dienone is 1. The van der Waals surface area contributed by atoms with Crippen molar-refractivity contribution < 1.29 is 13.2 Å². The minimum absolute atomic E-state index is 0.0420. The van der Waals surface area contributed by atoms with Crippen LogP contribution in [0, 0.1) is 6.92 Å². The van der Waals surface area contributed by atoms with Gasteiger partial charge in [0.15, 0.2) is 0 Å². The van der Waals surface area contributed by atoms with Crippen molar-refractivity contribution in [1.82, 2.24) is 14.8 Å². The number of hydrogen-bond donors (Lipinski definition) is 1. The van der Waals surface area contributed by atoms with Crippen LogP contribution in [-0.4, -0.2) is 14.8 Å². The highest BCUT2D eigenvalue weighted by atomic mass is 35.5. The number of nitrogens with one attached hydrogen (secondary N) is 1. The zero-order valence-electron chi connectivity index (χ0n) is 14.1. The van der Waals surface area contributed by atoms with Crippen LogP contribution < -0.4 is 5.32 Å². The Labute approximate surface area is 158 Å². The topological polar surface area (TPSA) is 42.7 Å². The lowest BCUT2D eigenvalue weighted by Crippen LogP contribution is -2.20. The molecule has 0 aliphatic carbocycles. The molecule has 0 radical (unpaired) electrons. The van der Waals surface area contributed by atoms with E-state index in [9.17, 15) is 13.2 Å². The summed E-state index contributed by atoms with van der Waals surface area (Å²) in [5.41, 5.74) is 3.36. The molecule has 138 valence electrons. The van der Waals surface area contributed by atoms with Gasteiger partial charge in [-0.15, -0.1) is 5.10 Å². The fourth-order valence-corrected chi connectivity index (χ4v) is 3.04. The van der Waals surface area contributed by atoms with E-state index < -0.39 is 18.0 Å². The normalized spacial score (nSPS) is 16.5. The number of rotatable bonds is 2. The molecule has 1 aliphatic rings. The smallest absolute Gasteiger partial charge is 0.324 e. The quantitative estimate of drug-likeness (QED) is 0.644. The summed E-state index contributed by atoms with van der Waals surface area (Å²) in [7, 11) is 0. The number of aromatic nitrogens is 3. The third-order valence-electron chi connectivity index (χ3n) is 4.29. The number of anilines is 1. The van der Waals surface area contributed by atoms with Crippen LogP contribution in [0.4, 0.5) is 19.1 Å². The standard InChI is InChI=1S/C19H14ClF3N4/c1-11-2-4-12(5-3-11)15-10-16(13-6-8-14(20)9-7-13)27-18(24-15)25-17(26-27)19(21,22)23/h2-10,16H,1H3,(H,24,25,26)/t16-/m0/s1. The molecule has 8 heteroatoms. The monoisotopic (exact) mass is 390 g/mol. The van der Waals surface area contributed by atoms with Gasteiger partial charge in [-0.25, -0.2) is 4.68 Å². The van der Waals surface area contributed by atoms with E-state index in [4.69, 9.17) is 11.6 Å². The third kappa shape index (κ3) is 3.42. The lowest BCUT2D eigenvalue weighted by Gasteiger charge is -2.24. The molecule has 0 saturated heterocycles. The molecule has 0 unspecified atom stereocenters. The first kappa shape index (κ1) is 17.6. The molecular formula is C19H14ClF3N4. The molecule has 0 saturated carbocycles. The van der Waals surface area contributed by atoms with Crippen molar-refractivity contribution >= 4 is 23.2 Å². The highest BCUT2D eigenvalue weighted by Gasteiger charge is 2.39. The van der Waals surface area contributed by atoms with Crippen LogP contribution in [0.5, 0.6) is 0 Å². The van der Waals surface area contributed by atoms with Crippen molar-refractivity contribution in [2.24, 2.45) is 0 Å². The van der Waals surface area contributed by atoms with Gasteiger partial charge in [-0.05, 0) is 36.3 Å². The molecule has 1 N–H and O–H groups in total. The highest BCUT2D eigenvalue weighted by Crippen LogP contribution is 2.35. The van der Waals surface area contributed by atoms with E-state index in [0.717, 1.165) is 16.7 Å². The van der Waals surface area contributed by atoms with Gasteiger partial charge in [-0.2, -0.15) is 18.2 Å². The van der Waals surface area contributed by atoms with Crippen LogP contribution in [0.3, 0.4) is 0 Å². The van der Waals surface area contributed by atoms with E-state index in [-0.39, 0.29) is 5.95 Å². The Balaban J connectivity index is 1.83. The third-order valence-corrected chi connectivity index (χ3v) is 4.55. The molecule has 2 heterocycles. The predicted octanol–water partition coefficient (Wildman–Crippen LogP) is 5.31. The molecule has 4 rings (SSSR count). The molecule has 2 aromatic carbocycles. The first-order valence-electron chi connectivity index (χ1n) is 8.16. The van der Waals surface area contributed by atoms with Crippen molar-refractivity contribution in [2.75, 3.05) is 5.32 Å². The van der Waals surface area contributed by atoms with Gasteiger partial charge in [0, 0.05) is 10.7 Å². The van der Waals surface area contributed by atoms with E-state index >= 15 is 0 Å². The van der Waals surface area contributed by atoms with Gasteiger partial charge in [0.05, 0.1) is 0 Å². The summed E-state index contributed by atoms with van der Waals surface area (Å²) in [5.74, 6) is -1.14. The Morgan fingerprint density at radius 2 is 1.70 bits per heavy atom. The molecule has 3 aromatic rings. The fraction of sp³-hybridized carbons (Fsp3) is 0.158. The number of aryl methyl sites for hydroxylation is 1. The average molecular weight is 391 g/mol. The zero-order valence-corrected chi connectivity index (χ0v) is 14.9. The maximum Gasteiger partial charge on any atom is 0.453 e. The SMILES string of the molecule is Cc1ccc(C2=C[C@@H](c3ccc(Cl)cc3)n3nc(C(F)(F)F)nc3N2)cc1. The predicted molar refractivity (Wildman–Crippen MR) is 97.4 cm³/mol. The van der Waals surface area contributed by atoms with Gasteiger partial charge in [-0.3, -0.25) is 0 Å². The number of hydrogen-bond acceptors (Lipinski definition) is 3. The largest absolute Gasteiger partial charge is 0.453 e. The lowest BCUT2D eigenvalue weighted by molar-refractivity contribution is -0.145. The number of benzene rings is 2. The van der Waals surface area contributed by atoms with Gasteiger partial charge < -0.3 is 5.32 Å². The van der Waals surface area contributed by atoms with E-state index in [1.165, 1.54) is 4.68 Å². The Kier molecular flexibility index (Phi) is 4.19. The number of nitrogens with zero attached hydrogens (tertiary/aromatic N) is 3. The Morgan fingerprint density at radius 1 is 1.04 bits per heavy atom. The maximum absolute atomic E-state index is 13.1.